The van der Waals surface area contributed by atoms with E-state index in [9.17, 15) is 9.90 Å². The molecule has 0 aliphatic carbocycles. The van der Waals surface area contributed by atoms with Gasteiger partial charge in [-0.1, -0.05) is 23.2 Å². The molecular weight excluding hydrogens is 215 g/mol. The maximum Gasteiger partial charge on any atom is 0.308 e. The van der Waals surface area contributed by atoms with Crippen molar-refractivity contribution in [3.05, 3.63) is 22.2 Å². The average Bonchev–Trinajstić information content (AvgIpc) is 2.05. The van der Waals surface area contributed by atoms with Crippen LogP contribution in [0.4, 0.5) is 0 Å². The first-order valence-corrected chi connectivity index (χ1v) is 4.13. The number of hydrogen-bond acceptors (Lipinski definition) is 3. The van der Waals surface area contributed by atoms with Crippen molar-refractivity contribution in [2.75, 3.05) is 0 Å². The molecule has 5 heteroatoms. The molecule has 0 saturated heterocycles. The lowest BCUT2D eigenvalue weighted by Gasteiger charge is -2.06. The van der Waals surface area contributed by atoms with E-state index in [1.54, 1.807) is 0 Å². The van der Waals surface area contributed by atoms with Gasteiger partial charge in [0.25, 0.3) is 0 Å². The highest BCUT2D eigenvalue weighted by atomic mass is 35.5. The number of halogens is 2. The quantitative estimate of drug-likeness (QED) is 0.585. The van der Waals surface area contributed by atoms with E-state index in [0.717, 1.165) is 0 Å². The fourth-order valence-corrected chi connectivity index (χ4v) is 1.11. The van der Waals surface area contributed by atoms with Crippen LogP contribution in [-0.2, 0) is 4.79 Å². The number of esters is 1. The monoisotopic (exact) mass is 220 g/mol. The minimum Gasteiger partial charge on any atom is -0.504 e. The smallest absolute Gasteiger partial charge is 0.308 e. The number of rotatable bonds is 1. The molecule has 3 nitrogen and oxygen atoms in total. The van der Waals surface area contributed by atoms with Gasteiger partial charge in [0, 0.05) is 6.92 Å². The third-order valence-electron chi connectivity index (χ3n) is 1.27. The first-order valence-electron chi connectivity index (χ1n) is 3.37. The standard InChI is InChI=1S/C8H6Cl2O3/c1-4(11)13-8-6(12)3-2-5(9)7(8)10/h2-3,12H,1H3. The van der Waals surface area contributed by atoms with Gasteiger partial charge in [-0.3, -0.25) is 4.79 Å². The summed E-state index contributed by atoms with van der Waals surface area (Å²) in [5, 5.41) is 9.49. The summed E-state index contributed by atoms with van der Waals surface area (Å²) in [4.78, 5) is 10.6. The SMILES string of the molecule is CC(=O)Oc1c(O)ccc(Cl)c1Cl. The topological polar surface area (TPSA) is 46.5 Å². The van der Waals surface area contributed by atoms with Gasteiger partial charge in [-0.15, -0.1) is 0 Å². The van der Waals surface area contributed by atoms with Crippen LogP contribution in [-0.4, -0.2) is 11.1 Å². The predicted octanol–water partition coefficient (Wildman–Crippen LogP) is 2.62. The van der Waals surface area contributed by atoms with Crippen LogP contribution in [0.3, 0.4) is 0 Å². The number of phenols is 1. The molecule has 0 atom stereocenters. The lowest BCUT2D eigenvalue weighted by molar-refractivity contribution is -0.132. The molecule has 0 bridgehead atoms. The van der Waals surface area contributed by atoms with E-state index in [4.69, 9.17) is 23.2 Å². The summed E-state index contributed by atoms with van der Waals surface area (Å²) in [7, 11) is 0. The number of carbonyl (C=O) groups excluding carboxylic acids is 1. The minimum absolute atomic E-state index is 0.0249. The van der Waals surface area contributed by atoms with Gasteiger partial charge in [0.15, 0.2) is 11.5 Å². The highest BCUT2D eigenvalue weighted by molar-refractivity contribution is 6.43. The average molecular weight is 221 g/mol. The molecule has 0 aliphatic heterocycles. The Kier molecular flexibility index (Phi) is 3.01. The van der Waals surface area contributed by atoms with Crippen LogP contribution in [0.25, 0.3) is 0 Å². The van der Waals surface area contributed by atoms with E-state index in [0.29, 0.717) is 0 Å². The first-order chi connectivity index (χ1) is 6.02. The Balaban J connectivity index is 3.17. The zero-order valence-electron chi connectivity index (χ0n) is 6.67. The van der Waals surface area contributed by atoms with E-state index >= 15 is 0 Å². The van der Waals surface area contributed by atoms with Gasteiger partial charge in [-0.05, 0) is 12.1 Å². The molecule has 0 aromatic heterocycles. The van der Waals surface area contributed by atoms with E-state index < -0.39 is 5.97 Å². The zero-order valence-corrected chi connectivity index (χ0v) is 8.19. The number of ether oxygens (including phenoxy) is 1. The molecule has 1 aromatic rings. The van der Waals surface area contributed by atoms with E-state index in [-0.39, 0.29) is 21.5 Å². The summed E-state index contributed by atoms with van der Waals surface area (Å²) in [6, 6.07) is 2.71. The van der Waals surface area contributed by atoms with Crippen molar-refractivity contribution in [3.63, 3.8) is 0 Å². The van der Waals surface area contributed by atoms with Crippen LogP contribution in [0, 0.1) is 0 Å². The summed E-state index contributed by atoms with van der Waals surface area (Å²) in [6.45, 7) is 1.21. The fourth-order valence-electron chi connectivity index (χ4n) is 0.763. The summed E-state index contributed by atoms with van der Waals surface area (Å²) in [5.41, 5.74) is 0. The van der Waals surface area contributed by atoms with E-state index in [1.807, 2.05) is 0 Å². The summed E-state index contributed by atoms with van der Waals surface area (Å²) in [5.74, 6) is -0.897. The molecule has 0 heterocycles. The molecule has 0 amide bonds. The number of hydrogen-bond donors (Lipinski definition) is 1. The third-order valence-corrected chi connectivity index (χ3v) is 2.06. The Labute approximate surface area is 84.8 Å². The lowest BCUT2D eigenvalue weighted by atomic mass is 10.3. The Morgan fingerprint density at radius 1 is 1.46 bits per heavy atom. The first kappa shape index (κ1) is 10.2. The molecule has 0 radical (unpaired) electrons. The molecule has 1 aromatic carbocycles. The van der Waals surface area contributed by atoms with Crippen molar-refractivity contribution in [2.24, 2.45) is 0 Å². The van der Waals surface area contributed by atoms with Crippen molar-refractivity contribution in [1.82, 2.24) is 0 Å². The highest BCUT2D eigenvalue weighted by Gasteiger charge is 2.13. The number of phenolic OH excluding ortho intramolecular Hbond substituents is 1. The lowest BCUT2D eigenvalue weighted by Crippen LogP contribution is -2.02. The highest BCUT2D eigenvalue weighted by Crippen LogP contribution is 2.39. The second-order valence-electron chi connectivity index (χ2n) is 2.30. The fraction of sp³-hybridized carbons (Fsp3) is 0.125. The van der Waals surface area contributed by atoms with Crippen molar-refractivity contribution in [1.29, 1.82) is 0 Å². The molecule has 1 rings (SSSR count). The van der Waals surface area contributed by atoms with Gasteiger partial charge < -0.3 is 9.84 Å². The molecule has 0 spiro atoms. The summed E-state index contributed by atoms with van der Waals surface area (Å²) in [6.07, 6.45) is 0. The molecule has 0 saturated carbocycles. The number of aromatic hydroxyl groups is 1. The van der Waals surface area contributed by atoms with Gasteiger partial charge in [-0.25, -0.2) is 0 Å². The van der Waals surface area contributed by atoms with Crippen LogP contribution < -0.4 is 4.74 Å². The maximum atomic E-state index is 10.6. The van der Waals surface area contributed by atoms with Crippen LogP contribution in [0.5, 0.6) is 11.5 Å². The third kappa shape index (κ3) is 2.26. The second kappa shape index (κ2) is 3.85. The molecule has 0 aliphatic rings. The molecule has 0 fully saturated rings. The van der Waals surface area contributed by atoms with Crippen LogP contribution in [0.2, 0.25) is 10.0 Å². The molecule has 13 heavy (non-hydrogen) atoms. The van der Waals surface area contributed by atoms with Gasteiger partial charge in [0.1, 0.15) is 5.02 Å². The summed E-state index contributed by atoms with van der Waals surface area (Å²) >= 11 is 11.3. The van der Waals surface area contributed by atoms with Crippen LogP contribution >= 0.6 is 23.2 Å². The van der Waals surface area contributed by atoms with Crippen LogP contribution in [0.15, 0.2) is 12.1 Å². The van der Waals surface area contributed by atoms with Crippen molar-refractivity contribution in [2.45, 2.75) is 6.92 Å². The van der Waals surface area contributed by atoms with Crippen LogP contribution in [0.1, 0.15) is 6.92 Å². The van der Waals surface area contributed by atoms with Gasteiger partial charge in [0.05, 0.1) is 5.02 Å². The van der Waals surface area contributed by atoms with E-state index in [2.05, 4.69) is 4.74 Å². The van der Waals surface area contributed by atoms with Gasteiger partial charge in [0.2, 0.25) is 0 Å². The molecule has 70 valence electrons. The molecule has 0 unspecified atom stereocenters. The predicted molar refractivity (Wildman–Crippen MR) is 49.4 cm³/mol. The molecular formula is C8H6Cl2O3. The number of benzene rings is 1. The Morgan fingerprint density at radius 3 is 2.62 bits per heavy atom. The largest absolute Gasteiger partial charge is 0.504 e. The van der Waals surface area contributed by atoms with Crippen molar-refractivity contribution >= 4 is 29.2 Å². The van der Waals surface area contributed by atoms with Crippen molar-refractivity contribution < 1.29 is 14.6 Å². The zero-order chi connectivity index (χ0) is 10.0. The Bertz CT molecular complexity index is 349. The minimum atomic E-state index is -0.570. The Morgan fingerprint density at radius 2 is 2.08 bits per heavy atom. The number of carbonyl (C=O) groups is 1. The summed E-state index contributed by atoms with van der Waals surface area (Å²) < 4.78 is 4.65. The van der Waals surface area contributed by atoms with Crippen molar-refractivity contribution in [3.8, 4) is 11.5 Å². The maximum absolute atomic E-state index is 10.6. The van der Waals surface area contributed by atoms with Gasteiger partial charge in [-0.2, -0.15) is 0 Å². The Hall–Kier alpha value is -0.930. The normalized spacial score (nSPS) is 9.77. The van der Waals surface area contributed by atoms with Gasteiger partial charge >= 0.3 is 5.97 Å². The van der Waals surface area contributed by atoms with E-state index in [1.165, 1.54) is 19.1 Å². The second-order valence-corrected chi connectivity index (χ2v) is 3.09. The molecule has 1 N–H and O–H groups in total.